The molecule has 148 valence electrons. The molecule has 0 aliphatic rings. The van der Waals surface area contributed by atoms with Crippen molar-refractivity contribution in [3.63, 3.8) is 0 Å². The third kappa shape index (κ3) is 4.45. The molecule has 0 atom stereocenters. The van der Waals surface area contributed by atoms with Gasteiger partial charge in [0.2, 0.25) is 0 Å². The van der Waals surface area contributed by atoms with Crippen molar-refractivity contribution in [3.8, 4) is 11.5 Å². The van der Waals surface area contributed by atoms with Crippen LogP contribution in [0, 0.1) is 0 Å². The molecule has 3 rings (SSSR count). The number of sulfonamides is 1. The molecule has 0 amide bonds. The summed E-state index contributed by atoms with van der Waals surface area (Å²) in [7, 11) is -4.11. The minimum Gasteiger partial charge on any atom is -0.492 e. The molecule has 2 aromatic carbocycles. The summed E-state index contributed by atoms with van der Waals surface area (Å²) in [4.78, 5) is 4.09. The molecule has 3 aromatic rings. The van der Waals surface area contributed by atoms with Crippen LogP contribution in [0.1, 0.15) is 6.92 Å². The van der Waals surface area contributed by atoms with Crippen molar-refractivity contribution in [1.82, 2.24) is 4.98 Å². The second-order valence-corrected chi connectivity index (χ2v) is 7.23. The molecule has 1 aromatic heterocycles. The van der Waals surface area contributed by atoms with Gasteiger partial charge in [0.15, 0.2) is 0 Å². The molecule has 0 saturated heterocycles. The Labute approximate surface area is 159 Å². The Balaban J connectivity index is 1.98. The van der Waals surface area contributed by atoms with Gasteiger partial charge in [-0.15, -0.1) is 13.2 Å². The number of hydrogen-bond acceptors (Lipinski definition) is 5. The smallest absolute Gasteiger partial charge is 0.492 e. The molecule has 0 saturated carbocycles. The van der Waals surface area contributed by atoms with Crippen molar-refractivity contribution in [1.29, 1.82) is 0 Å². The third-order valence-corrected chi connectivity index (χ3v) is 5.04. The highest BCUT2D eigenvalue weighted by atomic mass is 32.2. The lowest BCUT2D eigenvalue weighted by molar-refractivity contribution is -0.274. The molecule has 0 aliphatic heterocycles. The minimum atomic E-state index is -4.88. The van der Waals surface area contributed by atoms with Crippen LogP contribution in [0.5, 0.6) is 11.5 Å². The second-order valence-electron chi connectivity index (χ2n) is 5.58. The zero-order valence-corrected chi connectivity index (χ0v) is 15.3. The number of alkyl halides is 3. The predicted molar refractivity (Wildman–Crippen MR) is 96.8 cm³/mol. The maximum Gasteiger partial charge on any atom is 0.573 e. The molecule has 0 unspecified atom stereocenters. The molecule has 1 heterocycles. The van der Waals surface area contributed by atoms with Crippen LogP contribution in [-0.4, -0.2) is 26.4 Å². The lowest BCUT2D eigenvalue weighted by atomic mass is 10.2. The highest BCUT2D eigenvalue weighted by Crippen LogP contribution is 2.31. The molecule has 10 heteroatoms. The molecule has 0 spiro atoms. The van der Waals surface area contributed by atoms with Gasteiger partial charge in [-0.2, -0.15) is 0 Å². The number of nitrogens with one attached hydrogen (secondary N) is 1. The molecule has 0 aliphatic carbocycles. The highest BCUT2D eigenvalue weighted by molar-refractivity contribution is 7.93. The minimum absolute atomic E-state index is 0.0762. The summed E-state index contributed by atoms with van der Waals surface area (Å²) in [6.45, 7) is 2.17. The van der Waals surface area contributed by atoms with Gasteiger partial charge in [0, 0.05) is 17.6 Å². The molecular weight excluding hydrogens is 397 g/mol. The van der Waals surface area contributed by atoms with E-state index in [-0.39, 0.29) is 10.6 Å². The van der Waals surface area contributed by atoms with Crippen LogP contribution in [0.2, 0.25) is 0 Å². The predicted octanol–water partition coefficient (Wildman–Crippen LogP) is 4.33. The van der Waals surface area contributed by atoms with Crippen LogP contribution in [0.4, 0.5) is 18.9 Å². The van der Waals surface area contributed by atoms with Gasteiger partial charge < -0.3 is 9.47 Å². The summed E-state index contributed by atoms with van der Waals surface area (Å²) in [5.41, 5.74) is 0.286. The van der Waals surface area contributed by atoms with Gasteiger partial charge in [0.05, 0.1) is 17.2 Å². The van der Waals surface area contributed by atoms with E-state index >= 15 is 0 Å². The van der Waals surface area contributed by atoms with Crippen molar-refractivity contribution in [3.05, 3.63) is 54.7 Å². The number of halogens is 3. The van der Waals surface area contributed by atoms with Crippen LogP contribution in [0.25, 0.3) is 10.9 Å². The SMILES string of the molecule is CCOc1ccc(S(=O)(=O)Nc2cccc(OC(F)(F)F)c2)c2cccnc12. The average molecular weight is 412 g/mol. The number of anilines is 1. The van der Waals surface area contributed by atoms with Crippen LogP contribution in [0.15, 0.2) is 59.6 Å². The maximum atomic E-state index is 12.8. The Morgan fingerprint density at radius 3 is 2.61 bits per heavy atom. The average Bonchev–Trinajstić information content (AvgIpc) is 2.60. The fourth-order valence-electron chi connectivity index (χ4n) is 2.59. The van der Waals surface area contributed by atoms with Gasteiger partial charge in [-0.05, 0) is 43.3 Å². The van der Waals surface area contributed by atoms with Crippen molar-refractivity contribution in [2.45, 2.75) is 18.2 Å². The number of hydrogen-bond donors (Lipinski definition) is 1. The van der Waals surface area contributed by atoms with E-state index in [2.05, 4.69) is 14.4 Å². The van der Waals surface area contributed by atoms with Gasteiger partial charge in [-0.3, -0.25) is 9.71 Å². The first-order valence-electron chi connectivity index (χ1n) is 8.09. The van der Waals surface area contributed by atoms with E-state index in [9.17, 15) is 21.6 Å². The summed E-state index contributed by atoms with van der Waals surface area (Å²) >= 11 is 0. The van der Waals surface area contributed by atoms with Crippen molar-refractivity contribution >= 4 is 26.6 Å². The highest BCUT2D eigenvalue weighted by Gasteiger charge is 2.31. The number of pyridine rings is 1. The number of fused-ring (bicyclic) bond motifs is 1. The van der Waals surface area contributed by atoms with Crippen LogP contribution < -0.4 is 14.2 Å². The molecule has 1 N–H and O–H groups in total. The van der Waals surface area contributed by atoms with Crippen LogP contribution in [0.3, 0.4) is 0 Å². The number of aromatic nitrogens is 1. The Morgan fingerprint density at radius 2 is 1.89 bits per heavy atom. The number of rotatable bonds is 6. The van der Waals surface area contributed by atoms with Crippen molar-refractivity contribution in [2.24, 2.45) is 0 Å². The fourth-order valence-corrected chi connectivity index (χ4v) is 3.84. The van der Waals surface area contributed by atoms with E-state index in [1.807, 2.05) is 0 Å². The zero-order valence-electron chi connectivity index (χ0n) is 14.5. The molecule has 0 fully saturated rings. The Kier molecular flexibility index (Phi) is 5.32. The van der Waals surface area contributed by atoms with Crippen molar-refractivity contribution < 1.29 is 31.1 Å². The normalized spacial score (nSPS) is 12.0. The molecule has 0 bridgehead atoms. The molecule has 6 nitrogen and oxygen atoms in total. The van der Waals surface area contributed by atoms with E-state index in [0.29, 0.717) is 23.3 Å². The summed E-state index contributed by atoms with van der Waals surface area (Å²) in [5.74, 6) is -0.108. The number of nitrogens with zero attached hydrogens (tertiary/aromatic N) is 1. The Hall–Kier alpha value is -3.01. The van der Waals surface area contributed by atoms with Crippen LogP contribution >= 0.6 is 0 Å². The quantitative estimate of drug-likeness (QED) is 0.652. The van der Waals surface area contributed by atoms with Gasteiger partial charge in [-0.1, -0.05) is 6.07 Å². The van der Waals surface area contributed by atoms with E-state index in [4.69, 9.17) is 4.74 Å². The number of ether oxygens (including phenoxy) is 2. The molecule has 0 radical (unpaired) electrons. The monoisotopic (exact) mass is 412 g/mol. The van der Waals surface area contributed by atoms with Crippen LogP contribution in [-0.2, 0) is 10.0 Å². The first-order valence-corrected chi connectivity index (χ1v) is 9.57. The first-order chi connectivity index (χ1) is 13.2. The second kappa shape index (κ2) is 7.55. The first kappa shape index (κ1) is 19.7. The topological polar surface area (TPSA) is 77.5 Å². The zero-order chi connectivity index (χ0) is 20.4. The lowest BCUT2D eigenvalue weighted by Gasteiger charge is -2.14. The third-order valence-electron chi connectivity index (χ3n) is 3.60. The van der Waals surface area contributed by atoms with E-state index in [1.165, 1.54) is 30.5 Å². The summed E-state index contributed by atoms with van der Waals surface area (Å²) in [6.07, 6.45) is -3.37. The van der Waals surface area contributed by atoms with E-state index < -0.39 is 22.1 Å². The van der Waals surface area contributed by atoms with Gasteiger partial charge in [0.25, 0.3) is 10.0 Å². The maximum absolute atomic E-state index is 12.8. The lowest BCUT2D eigenvalue weighted by Crippen LogP contribution is -2.17. The summed E-state index contributed by atoms with van der Waals surface area (Å²) < 4.78 is 74.3. The summed E-state index contributed by atoms with van der Waals surface area (Å²) in [5, 5.41) is 0.323. The molecule has 28 heavy (non-hydrogen) atoms. The van der Waals surface area contributed by atoms with Crippen molar-refractivity contribution in [2.75, 3.05) is 11.3 Å². The van der Waals surface area contributed by atoms with E-state index in [1.54, 1.807) is 19.1 Å². The molecular formula is C18H15F3N2O4S. The standard InChI is InChI=1S/C18H15F3N2O4S/c1-2-26-15-8-9-16(14-7-4-10-22-17(14)15)28(24,25)23-12-5-3-6-13(11-12)27-18(19,20)21/h3-11,23H,2H2,1H3. The summed E-state index contributed by atoms with van der Waals surface area (Å²) in [6, 6.07) is 10.6. The van der Waals surface area contributed by atoms with Gasteiger partial charge >= 0.3 is 6.36 Å². The largest absolute Gasteiger partial charge is 0.573 e. The fraction of sp³-hybridized carbons (Fsp3) is 0.167. The van der Waals surface area contributed by atoms with Gasteiger partial charge in [-0.25, -0.2) is 8.42 Å². The Bertz CT molecular complexity index is 1100. The Morgan fingerprint density at radius 1 is 1.11 bits per heavy atom. The van der Waals surface area contributed by atoms with E-state index in [0.717, 1.165) is 12.1 Å². The van der Waals surface area contributed by atoms with Gasteiger partial charge in [0.1, 0.15) is 17.0 Å². The number of benzene rings is 2.